The molecule has 1 heterocycles. The second-order valence-corrected chi connectivity index (χ2v) is 10.7. The molecule has 0 saturated heterocycles. The molecule has 0 fully saturated rings. The zero-order valence-electron chi connectivity index (χ0n) is 18.1. The Morgan fingerprint density at radius 2 is 1.65 bits per heavy atom. The lowest BCUT2D eigenvalue weighted by molar-refractivity contribution is -0.160. The van der Waals surface area contributed by atoms with Crippen LogP contribution >= 0.6 is 11.3 Å². The lowest BCUT2D eigenvalue weighted by atomic mass is 10.0. The molecule has 1 rings (SSSR count). The quantitative estimate of drug-likeness (QED) is 0.339. The van der Waals surface area contributed by atoms with E-state index in [-0.39, 0.29) is 17.5 Å². The van der Waals surface area contributed by atoms with Crippen molar-refractivity contribution in [2.45, 2.75) is 70.4 Å². The summed E-state index contributed by atoms with van der Waals surface area (Å²) in [6.07, 6.45) is -0.789. The lowest BCUT2D eigenvalue weighted by Crippen LogP contribution is -2.47. The second kappa shape index (κ2) is 10.6. The molecule has 0 unspecified atom stereocenters. The van der Waals surface area contributed by atoms with E-state index in [0.717, 1.165) is 0 Å². The molecule has 3 amide bonds. The summed E-state index contributed by atoms with van der Waals surface area (Å²) in [4.78, 5) is 47.4. The molecule has 1 atom stereocenters. The van der Waals surface area contributed by atoms with Gasteiger partial charge in [-0.15, -0.1) is 10.2 Å². The molecule has 0 saturated carbocycles. The van der Waals surface area contributed by atoms with Crippen LogP contribution in [-0.4, -0.2) is 53.9 Å². The topological polar surface area (TPSA) is 174 Å². The minimum absolute atomic E-state index is 0.0402. The van der Waals surface area contributed by atoms with Crippen molar-refractivity contribution in [3.8, 4) is 0 Å². The van der Waals surface area contributed by atoms with Crippen LogP contribution in [0.2, 0.25) is 0 Å². The number of nitrogens with zero attached hydrogens (tertiary/aromatic N) is 2. The van der Waals surface area contributed by atoms with Crippen molar-refractivity contribution >= 4 is 50.2 Å². The smallest absolute Gasteiger partial charge is 0.329 e. The van der Waals surface area contributed by atoms with E-state index in [9.17, 15) is 27.6 Å². The summed E-state index contributed by atoms with van der Waals surface area (Å²) < 4.78 is 30.9. The molecule has 0 bridgehead atoms. The standard InChI is InChI=1S/C17H27N5O7S2/c1-9(2)13(14(26)29-17(4,5)6)19-11(24)7-8-12(25)22-31(27,28)16-21-20-15(30-16)18-10(3)23/h9,13H,7-8H2,1-6H3,(H,19,24)(H,22,25)(H,18,20,23)/t13-/m0/s1. The first-order valence-electron chi connectivity index (χ1n) is 9.29. The number of anilines is 1. The molecular formula is C17H27N5O7S2. The Morgan fingerprint density at radius 1 is 1.06 bits per heavy atom. The molecule has 0 aliphatic rings. The lowest BCUT2D eigenvalue weighted by Gasteiger charge is -2.26. The molecule has 1 aromatic heterocycles. The zero-order valence-corrected chi connectivity index (χ0v) is 19.8. The highest BCUT2D eigenvalue weighted by Crippen LogP contribution is 2.19. The van der Waals surface area contributed by atoms with E-state index >= 15 is 0 Å². The van der Waals surface area contributed by atoms with Gasteiger partial charge in [0.15, 0.2) is 0 Å². The predicted molar refractivity (Wildman–Crippen MR) is 111 cm³/mol. The van der Waals surface area contributed by atoms with Gasteiger partial charge < -0.3 is 15.4 Å². The Kier molecular flexibility index (Phi) is 9.05. The molecule has 3 N–H and O–H groups in total. The van der Waals surface area contributed by atoms with E-state index in [0.29, 0.717) is 11.3 Å². The van der Waals surface area contributed by atoms with Crippen LogP contribution < -0.4 is 15.4 Å². The first kappa shape index (κ1) is 26.4. The van der Waals surface area contributed by atoms with E-state index in [1.54, 1.807) is 39.3 Å². The first-order chi connectivity index (χ1) is 14.1. The average Bonchev–Trinajstić information content (AvgIpc) is 3.04. The summed E-state index contributed by atoms with van der Waals surface area (Å²) in [5.41, 5.74) is -0.728. The van der Waals surface area contributed by atoms with Crippen LogP contribution in [-0.2, 0) is 33.9 Å². The van der Waals surface area contributed by atoms with Gasteiger partial charge in [-0.3, -0.25) is 14.4 Å². The van der Waals surface area contributed by atoms with Gasteiger partial charge in [0.05, 0.1) is 0 Å². The summed E-state index contributed by atoms with van der Waals surface area (Å²) in [6.45, 7) is 9.77. The summed E-state index contributed by atoms with van der Waals surface area (Å²) in [6, 6.07) is -0.910. The van der Waals surface area contributed by atoms with Crippen molar-refractivity contribution in [1.82, 2.24) is 20.2 Å². The van der Waals surface area contributed by atoms with E-state index in [1.165, 1.54) is 6.92 Å². The molecule has 12 nitrogen and oxygen atoms in total. The van der Waals surface area contributed by atoms with Crippen LogP contribution in [0.5, 0.6) is 0 Å². The van der Waals surface area contributed by atoms with E-state index in [1.807, 2.05) is 0 Å². The molecule has 0 aliphatic carbocycles. The number of carbonyl (C=O) groups excluding carboxylic acids is 4. The number of amides is 3. The van der Waals surface area contributed by atoms with Crippen LogP contribution in [0.3, 0.4) is 0 Å². The molecule has 0 aromatic carbocycles. The Morgan fingerprint density at radius 3 is 2.16 bits per heavy atom. The number of sulfonamides is 1. The van der Waals surface area contributed by atoms with Gasteiger partial charge >= 0.3 is 5.97 Å². The minimum Gasteiger partial charge on any atom is -0.458 e. The third-order valence-corrected chi connectivity index (χ3v) is 5.97. The number of hydrogen-bond acceptors (Lipinski definition) is 10. The van der Waals surface area contributed by atoms with Gasteiger partial charge in [-0.25, -0.2) is 9.52 Å². The monoisotopic (exact) mass is 477 g/mol. The summed E-state index contributed by atoms with van der Waals surface area (Å²) >= 11 is 0.566. The number of hydrogen-bond donors (Lipinski definition) is 3. The fourth-order valence-electron chi connectivity index (χ4n) is 2.10. The number of esters is 1. The van der Waals surface area contributed by atoms with Crippen molar-refractivity contribution in [3.63, 3.8) is 0 Å². The van der Waals surface area contributed by atoms with E-state index in [2.05, 4.69) is 20.8 Å². The molecule has 14 heteroatoms. The second-order valence-electron chi connectivity index (χ2n) is 7.91. The molecule has 0 spiro atoms. The maximum absolute atomic E-state index is 12.3. The van der Waals surface area contributed by atoms with Gasteiger partial charge in [-0.2, -0.15) is 8.42 Å². The number of ether oxygens (including phenoxy) is 1. The first-order valence-corrected chi connectivity index (χ1v) is 11.6. The average molecular weight is 478 g/mol. The number of rotatable bonds is 9. The van der Waals surface area contributed by atoms with Gasteiger partial charge in [-0.05, 0) is 26.7 Å². The van der Waals surface area contributed by atoms with E-state index < -0.39 is 56.1 Å². The van der Waals surface area contributed by atoms with Gasteiger partial charge in [0.25, 0.3) is 14.4 Å². The van der Waals surface area contributed by atoms with Crippen LogP contribution in [0.15, 0.2) is 4.34 Å². The molecule has 174 valence electrons. The maximum Gasteiger partial charge on any atom is 0.329 e. The number of carbonyl (C=O) groups is 4. The number of aromatic nitrogens is 2. The fourth-order valence-corrected chi connectivity index (χ4v) is 4.06. The normalized spacial score (nSPS) is 12.7. The molecule has 0 aliphatic heterocycles. The third kappa shape index (κ3) is 9.38. The highest BCUT2D eigenvalue weighted by Gasteiger charge is 2.29. The Balaban J connectivity index is 2.64. The fraction of sp³-hybridized carbons (Fsp3) is 0.647. The molecule has 1 aromatic rings. The highest BCUT2D eigenvalue weighted by atomic mass is 32.2. The van der Waals surface area contributed by atoms with Crippen LogP contribution in [0, 0.1) is 5.92 Å². The van der Waals surface area contributed by atoms with Gasteiger partial charge in [0.1, 0.15) is 11.6 Å². The minimum atomic E-state index is -4.30. The molecular weight excluding hydrogens is 450 g/mol. The Labute approximate surface area is 184 Å². The largest absolute Gasteiger partial charge is 0.458 e. The van der Waals surface area contributed by atoms with Crippen LogP contribution in [0.1, 0.15) is 54.4 Å². The zero-order chi connectivity index (χ0) is 24.0. The summed E-state index contributed by atoms with van der Waals surface area (Å²) in [7, 11) is -4.30. The summed E-state index contributed by atoms with van der Waals surface area (Å²) in [5, 5.41) is 11.7. The van der Waals surface area contributed by atoms with Crippen LogP contribution in [0.4, 0.5) is 5.13 Å². The van der Waals surface area contributed by atoms with Crippen molar-refractivity contribution in [2.75, 3.05) is 5.32 Å². The highest BCUT2D eigenvalue weighted by molar-refractivity contribution is 7.92. The van der Waals surface area contributed by atoms with Gasteiger partial charge in [-0.1, -0.05) is 25.2 Å². The van der Waals surface area contributed by atoms with Crippen LogP contribution in [0.25, 0.3) is 0 Å². The predicted octanol–water partition coefficient (Wildman–Crippen LogP) is 0.564. The maximum atomic E-state index is 12.3. The van der Waals surface area contributed by atoms with E-state index in [4.69, 9.17) is 4.74 Å². The SMILES string of the molecule is CC(=O)Nc1nnc(S(=O)(=O)NC(=O)CCC(=O)N[C@H](C(=O)OC(C)(C)C)C(C)C)s1. The molecule has 0 radical (unpaired) electrons. The van der Waals surface area contributed by atoms with Crippen molar-refractivity contribution in [2.24, 2.45) is 5.92 Å². The van der Waals surface area contributed by atoms with Crippen molar-refractivity contribution < 1.29 is 32.3 Å². The number of nitrogens with one attached hydrogen (secondary N) is 3. The summed E-state index contributed by atoms with van der Waals surface area (Å²) in [5.74, 6) is -2.87. The molecule has 31 heavy (non-hydrogen) atoms. The Bertz CT molecular complexity index is 935. The van der Waals surface area contributed by atoms with Gasteiger partial charge in [0, 0.05) is 19.8 Å². The Hall–Kier alpha value is -2.61. The third-order valence-electron chi connectivity index (χ3n) is 3.39. The van der Waals surface area contributed by atoms with Gasteiger partial charge in [0.2, 0.25) is 22.9 Å². The van der Waals surface area contributed by atoms with Crippen molar-refractivity contribution in [1.29, 1.82) is 0 Å². The van der Waals surface area contributed by atoms with Crippen molar-refractivity contribution in [3.05, 3.63) is 0 Å².